The second-order valence-electron chi connectivity index (χ2n) is 5.54. The van der Waals surface area contributed by atoms with Crippen molar-refractivity contribution in [2.45, 2.75) is 18.9 Å². The van der Waals surface area contributed by atoms with E-state index in [2.05, 4.69) is 0 Å². The van der Waals surface area contributed by atoms with E-state index in [1.807, 2.05) is 24.9 Å². The summed E-state index contributed by atoms with van der Waals surface area (Å²) in [6.07, 6.45) is 0.650. The minimum absolute atomic E-state index is 0.258. The quantitative estimate of drug-likeness (QED) is 0.915. The molecule has 4 heteroatoms. The summed E-state index contributed by atoms with van der Waals surface area (Å²) in [5.74, 6) is -0.535. The monoisotopic (exact) mass is 290 g/mol. The summed E-state index contributed by atoms with van der Waals surface area (Å²) in [7, 11) is 1.89. The predicted octanol–water partition coefficient (Wildman–Crippen LogP) is 3.36. The number of hydrogen-bond acceptors (Lipinski definition) is 2. The smallest absolute Gasteiger partial charge is 0.125 e. The van der Waals surface area contributed by atoms with Crippen molar-refractivity contribution >= 4 is 5.69 Å². The molecule has 0 amide bonds. The van der Waals surface area contributed by atoms with Gasteiger partial charge in [-0.25, -0.2) is 8.78 Å². The third kappa shape index (κ3) is 3.58. The predicted molar refractivity (Wildman–Crippen MR) is 82.4 cm³/mol. The highest BCUT2D eigenvalue weighted by Gasteiger charge is 2.28. The zero-order valence-electron chi connectivity index (χ0n) is 12.3. The third-order valence-electron chi connectivity index (χ3n) is 3.94. The van der Waals surface area contributed by atoms with Crippen LogP contribution in [0.4, 0.5) is 14.5 Å². The Bertz CT molecular complexity index is 598. The van der Waals surface area contributed by atoms with Gasteiger partial charge < -0.3 is 10.6 Å². The molecule has 0 fully saturated rings. The molecule has 0 spiro atoms. The van der Waals surface area contributed by atoms with Gasteiger partial charge in [-0.05, 0) is 49.2 Å². The fourth-order valence-electron chi connectivity index (χ4n) is 2.37. The first-order valence-electron chi connectivity index (χ1n) is 6.88. The summed E-state index contributed by atoms with van der Waals surface area (Å²) in [5.41, 5.74) is 7.33. The molecule has 0 aliphatic heterocycles. The van der Waals surface area contributed by atoms with Crippen molar-refractivity contribution in [3.05, 3.63) is 65.7 Å². The van der Waals surface area contributed by atoms with E-state index in [1.54, 1.807) is 18.2 Å². The molecule has 21 heavy (non-hydrogen) atoms. The van der Waals surface area contributed by atoms with E-state index in [0.717, 1.165) is 11.3 Å². The van der Waals surface area contributed by atoms with Crippen LogP contribution < -0.4 is 10.6 Å². The molecule has 0 bridgehead atoms. The van der Waals surface area contributed by atoms with Gasteiger partial charge in [0.2, 0.25) is 0 Å². The Kier molecular flexibility index (Phi) is 4.58. The number of benzene rings is 2. The second kappa shape index (κ2) is 6.22. The van der Waals surface area contributed by atoms with Gasteiger partial charge in [0.1, 0.15) is 11.6 Å². The SMILES string of the molecule is CN(c1cccc(F)c1)C(C)(CN)Cc1ccc(F)cc1. The molecule has 0 saturated carbocycles. The van der Waals surface area contributed by atoms with Gasteiger partial charge in [0.05, 0.1) is 5.54 Å². The standard InChI is InChI=1S/C17H20F2N2/c1-17(12-20,11-13-6-8-14(18)9-7-13)21(2)16-5-3-4-15(19)10-16/h3-10H,11-12,20H2,1-2H3. The molecule has 2 aromatic carbocycles. The Balaban J connectivity index is 2.25. The highest BCUT2D eigenvalue weighted by atomic mass is 19.1. The molecule has 2 aromatic rings. The zero-order valence-corrected chi connectivity index (χ0v) is 12.3. The van der Waals surface area contributed by atoms with E-state index >= 15 is 0 Å². The van der Waals surface area contributed by atoms with E-state index in [0.29, 0.717) is 13.0 Å². The normalized spacial score (nSPS) is 13.8. The lowest BCUT2D eigenvalue weighted by Gasteiger charge is -2.40. The molecule has 2 nitrogen and oxygen atoms in total. The van der Waals surface area contributed by atoms with Gasteiger partial charge in [0.25, 0.3) is 0 Å². The lowest BCUT2D eigenvalue weighted by atomic mass is 9.90. The van der Waals surface area contributed by atoms with Crippen LogP contribution in [-0.4, -0.2) is 19.1 Å². The van der Waals surface area contributed by atoms with E-state index < -0.39 is 0 Å². The Hall–Kier alpha value is -1.94. The van der Waals surface area contributed by atoms with Gasteiger partial charge in [0, 0.05) is 19.3 Å². The van der Waals surface area contributed by atoms with E-state index in [9.17, 15) is 8.78 Å². The number of hydrogen-bond donors (Lipinski definition) is 1. The molecule has 0 saturated heterocycles. The van der Waals surface area contributed by atoms with Crippen LogP contribution >= 0.6 is 0 Å². The van der Waals surface area contributed by atoms with Crippen molar-refractivity contribution < 1.29 is 8.78 Å². The molecule has 2 rings (SSSR count). The van der Waals surface area contributed by atoms with Gasteiger partial charge >= 0.3 is 0 Å². The van der Waals surface area contributed by atoms with Crippen LogP contribution in [0.5, 0.6) is 0 Å². The number of rotatable bonds is 5. The number of nitrogens with two attached hydrogens (primary N) is 1. The van der Waals surface area contributed by atoms with E-state index in [1.165, 1.54) is 24.3 Å². The Morgan fingerprint density at radius 2 is 1.71 bits per heavy atom. The molecule has 0 aliphatic carbocycles. The molecule has 112 valence electrons. The maximum absolute atomic E-state index is 13.4. The maximum Gasteiger partial charge on any atom is 0.125 e. The van der Waals surface area contributed by atoms with Crippen molar-refractivity contribution in [2.24, 2.45) is 5.73 Å². The summed E-state index contributed by atoms with van der Waals surface area (Å²) in [6.45, 7) is 2.42. The van der Waals surface area contributed by atoms with Crippen molar-refractivity contribution in [1.82, 2.24) is 0 Å². The van der Waals surface area contributed by atoms with Crippen LogP contribution in [0.1, 0.15) is 12.5 Å². The molecule has 1 unspecified atom stereocenters. The van der Waals surface area contributed by atoms with Crippen LogP contribution in [0, 0.1) is 11.6 Å². The highest BCUT2D eigenvalue weighted by Crippen LogP contribution is 2.26. The average molecular weight is 290 g/mol. The molecule has 0 aromatic heterocycles. The van der Waals surface area contributed by atoms with Gasteiger partial charge in [-0.15, -0.1) is 0 Å². The number of nitrogens with zero attached hydrogens (tertiary/aromatic N) is 1. The van der Waals surface area contributed by atoms with Crippen molar-refractivity contribution in [1.29, 1.82) is 0 Å². The molecular weight excluding hydrogens is 270 g/mol. The number of anilines is 1. The second-order valence-corrected chi connectivity index (χ2v) is 5.54. The number of halogens is 2. The summed E-state index contributed by atoms with van der Waals surface area (Å²) < 4.78 is 26.4. The van der Waals surface area contributed by atoms with Crippen molar-refractivity contribution in [3.8, 4) is 0 Å². The number of likely N-dealkylation sites (N-methyl/N-ethyl adjacent to an activating group) is 1. The van der Waals surface area contributed by atoms with Gasteiger partial charge in [-0.2, -0.15) is 0 Å². The lowest BCUT2D eigenvalue weighted by Crippen LogP contribution is -2.51. The molecule has 0 radical (unpaired) electrons. The Morgan fingerprint density at radius 3 is 2.29 bits per heavy atom. The third-order valence-corrected chi connectivity index (χ3v) is 3.94. The van der Waals surface area contributed by atoms with Crippen LogP contribution in [0.3, 0.4) is 0 Å². The fourth-order valence-corrected chi connectivity index (χ4v) is 2.37. The molecule has 0 heterocycles. The zero-order chi connectivity index (χ0) is 15.5. The van der Waals surface area contributed by atoms with Gasteiger partial charge in [-0.3, -0.25) is 0 Å². The minimum atomic E-state index is -0.383. The lowest BCUT2D eigenvalue weighted by molar-refractivity contribution is 0.448. The van der Waals surface area contributed by atoms with Crippen LogP contribution in [-0.2, 0) is 6.42 Å². The Morgan fingerprint density at radius 1 is 1.05 bits per heavy atom. The van der Waals surface area contributed by atoms with Crippen molar-refractivity contribution in [3.63, 3.8) is 0 Å². The molecule has 1 atom stereocenters. The summed E-state index contributed by atoms with van der Waals surface area (Å²) in [6, 6.07) is 12.8. The van der Waals surface area contributed by atoms with E-state index in [4.69, 9.17) is 5.73 Å². The molecule has 2 N–H and O–H groups in total. The van der Waals surface area contributed by atoms with Gasteiger partial charge in [-0.1, -0.05) is 18.2 Å². The largest absolute Gasteiger partial charge is 0.368 e. The Labute approximate surface area is 124 Å². The van der Waals surface area contributed by atoms with Crippen LogP contribution in [0.2, 0.25) is 0 Å². The average Bonchev–Trinajstić information content (AvgIpc) is 2.48. The first kappa shape index (κ1) is 15.4. The fraction of sp³-hybridized carbons (Fsp3) is 0.294. The summed E-state index contributed by atoms with van der Waals surface area (Å²) in [4.78, 5) is 1.97. The first-order chi connectivity index (χ1) is 9.94. The minimum Gasteiger partial charge on any atom is -0.368 e. The topological polar surface area (TPSA) is 29.3 Å². The summed E-state index contributed by atoms with van der Waals surface area (Å²) >= 11 is 0. The van der Waals surface area contributed by atoms with Gasteiger partial charge in [0.15, 0.2) is 0 Å². The highest BCUT2D eigenvalue weighted by molar-refractivity contribution is 5.49. The van der Waals surface area contributed by atoms with Crippen LogP contribution in [0.15, 0.2) is 48.5 Å². The molecule has 0 aliphatic rings. The summed E-state index contributed by atoms with van der Waals surface area (Å²) in [5, 5.41) is 0. The molecular formula is C17H20F2N2. The van der Waals surface area contributed by atoms with Crippen LogP contribution in [0.25, 0.3) is 0 Å². The van der Waals surface area contributed by atoms with Crippen molar-refractivity contribution in [2.75, 3.05) is 18.5 Å². The van der Waals surface area contributed by atoms with E-state index in [-0.39, 0.29) is 17.2 Å². The maximum atomic E-state index is 13.4. The first-order valence-corrected chi connectivity index (χ1v) is 6.88.